The highest BCUT2D eigenvalue weighted by atomic mass is 16.5. The number of benzene rings is 1. The van der Waals surface area contributed by atoms with Crippen molar-refractivity contribution in [3.05, 3.63) is 35.9 Å². The summed E-state index contributed by atoms with van der Waals surface area (Å²) in [6, 6.07) is 11.1. The summed E-state index contributed by atoms with van der Waals surface area (Å²) >= 11 is 0. The molecule has 18 heavy (non-hydrogen) atoms. The Labute approximate surface area is 111 Å². The molecular weight excluding hydrogens is 222 g/mol. The van der Waals surface area contributed by atoms with E-state index in [-0.39, 0.29) is 11.2 Å². The van der Waals surface area contributed by atoms with Gasteiger partial charge in [0.15, 0.2) is 0 Å². The molecule has 0 bridgehead atoms. The molecular formula is C16H25NO. The van der Waals surface area contributed by atoms with Crippen LogP contribution in [0.4, 0.5) is 0 Å². The van der Waals surface area contributed by atoms with Crippen molar-refractivity contribution in [3.8, 4) is 0 Å². The normalized spacial score (nSPS) is 25.2. The quantitative estimate of drug-likeness (QED) is 0.882. The average Bonchev–Trinajstić information content (AvgIpc) is 2.48. The van der Waals surface area contributed by atoms with Crippen LogP contribution in [-0.2, 0) is 11.2 Å². The van der Waals surface area contributed by atoms with Gasteiger partial charge in [-0.25, -0.2) is 0 Å². The Kier molecular flexibility index (Phi) is 3.79. The summed E-state index contributed by atoms with van der Waals surface area (Å²) in [6.45, 7) is 9.72. The van der Waals surface area contributed by atoms with E-state index < -0.39 is 0 Å². The molecule has 1 aliphatic rings. The summed E-state index contributed by atoms with van der Waals surface area (Å²) in [5, 5.41) is 3.65. The lowest BCUT2D eigenvalue weighted by Crippen LogP contribution is -2.44. The molecule has 1 atom stereocenters. The molecule has 1 aromatic rings. The Morgan fingerprint density at radius 2 is 1.83 bits per heavy atom. The third-order valence-electron chi connectivity index (χ3n) is 3.72. The number of rotatable bonds is 4. The van der Waals surface area contributed by atoms with Crippen LogP contribution in [0.1, 0.15) is 39.7 Å². The van der Waals surface area contributed by atoms with E-state index in [9.17, 15) is 0 Å². The van der Waals surface area contributed by atoms with Crippen LogP contribution in [0.2, 0.25) is 0 Å². The van der Waals surface area contributed by atoms with Gasteiger partial charge in [0, 0.05) is 6.04 Å². The fraction of sp³-hybridized carbons (Fsp3) is 0.625. The van der Waals surface area contributed by atoms with Gasteiger partial charge in [0.2, 0.25) is 0 Å². The first-order chi connectivity index (χ1) is 8.39. The Morgan fingerprint density at radius 1 is 1.17 bits per heavy atom. The highest BCUT2D eigenvalue weighted by molar-refractivity contribution is 5.15. The Balaban J connectivity index is 1.84. The van der Waals surface area contributed by atoms with Crippen LogP contribution in [0.15, 0.2) is 30.3 Å². The molecule has 0 radical (unpaired) electrons. The van der Waals surface area contributed by atoms with Gasteiger partial charge in [0.1, 0.15) is 0 Å². The third kappa shape index (κ3) is 3.33. The van der Waals surface area contributed by atoms with Crippen molar-refractivity contribution in [2.24, 2.45) is 0 Å². The first-order valence-corrected chi connectivity index (χ1v) is 6.87. The Hall–Kier alpha value is -0.860. The minimum absolute atomic E-state index is 0.00604. The van der Waals surface area contributed by atoms with Gasteiger partial charge in [-0.3, -0.25) is 0 Å². The van der Waals surface area contributed by atoms with Crippen molar-refractivity contribution < 1.29 is 4.74 Å². The second-order valence-corrected chi connectivity index (χ2v) is 6.41. The molecule has 1 fully saturated rings. The lowest BCUT2D eigenvalue weighted by Gasteiger charge is -2.27. The molecule has 0 aliphatic carbocycles. The zero-order chi connectivity index (χ0) is 13.2. The van der Waals surface area contributed by atoms with Crippen LogP contribution < -0.4 is 5.32 Å². The second-order valence-electron chi connectivity index (χ2n) is 6.41. The molecule has 2 heteroatoms. The third-order valence-corrected chi connectivity index (χ3v) is 3.72. The van der Waals surface area contributed by atoms with Crippen molar-refractivity contribution in [1.82, 2.24) is 5.32 Å². The molecule has 1 aromatic carbocycles. The zero-order valence-electron chi connectivity index (χ0n) is 12.0. The summed E-state index contributed by atoms with van der Waals surface area (Å²) < 4.78 is 6.09. The summed E-state index contributed by atoms with van der Waals surface area (Å²) in [5.74, 6) is 0. The molecule has 2 nitrogen and oxygen atoms in total. The molecule has 1 unspecified atom stereocenters. The molecule has 1 saturated heterocycles. The smallest absolute Gasteiger partial charge is 0.0787 e. The van der Waals surface area contributed by atoms with Gasteiger partial charge in [-0.1, -0.05) is 30.3 Å². The maximum Gasteiger partial charge on any atom is 0.0787 e. The summed E-state index contributed by atoms with van der Waals surface area (Å²) in [7, 11) is 0. The van der Waals surface area contributed by atoms with Gasteiger partial charge in [-0.2, -0.15) is 0 Å². The predicted octanol–water partition coefficient (Wildman–Crippen LogP) is 3.16. The lowest BCUT2D eigenvalue weighted by molar-refractivity contribution is -0.0697. The number of hydrogen-bond acceptors (Lipinski definition) is 2. The van der Waals surface area contributed by atoms with E-state index in [0.29, 0.717) is 6.04 Å². The number of nitrogens with one attached hydrogen (secondary N) is 1. The highest BCUT2D eigenvalue weighted by Gasteiger charge is 2.45. The number of hydrogen-bond donors (Lipinski definition) is 1. The van der Waals surface area contributed by atoms with Crippen LogP contribution in [-0.4, -0.2) is 23.8 Å². The Morgan fingerprint density at radius 3 is 2.39 bits per heavy atom. The van der Waals surface area contributed by atoms with Gasteiger partial charge in [-0.05, 0) is 52.6 Å². The molecule has 100 valence electrons. The highest BCUT2D eigenvalue weighted by Crippen LogP contribution is 2.37. The molecule has 1 N–H and O–H groups in total. The molecule has 0 amide bonds. The second kappa shape index (κ2) is 5.02. The van der Waals surface area contributed by atoms with Gasteiger partial charge >= 0.3 is 0 Å². The minimum Gasteiger partial charge on any atom is -0.368 e. The Bertz CT molecular complexity index is 383. The fourth-order valence-electron chi connectivity index (χ4n) is 2.92. The fourth-order valence-corrected chi connectivity index (χ4v) is 2.92. The molecule has 0 spiro atoms. The van der Waals surface area contributed by atoms with Crippen molar-refractivity contribution in [1.29, 1.82) is 0 Å². The van der Waals surface area contributed by atoms with Crippen LogP contribution in [0.5, 0.6) is 0 Å². The van der Waals surface area contributed by atoms with Gasteiger partial charge in [0.05, 0.1) is 11.2 Å². The van der Waals surface area contributed by atoms with Crippen molar-refractivity contribution >= 4 is 0 Å². The van der Waals surface area contributed by atoms with E-state index in [1.807, 2.05) is 0 Å². The summed E-state index contributed by atoms with van der Waals surface area (Å²) in [5.41, 5.74) is 1.31. The van der Waals surface area contributed by atoms with Crippen molar-refractivity contribution in [2.75, 3.05) is 6.54 Å². The van der Waals surface area contributed by atoms with E-state index in [0.717, 1.165) is 19.4 Å². The van der Waals surface area contributed by atoms with Gasteiger partial charge < -0.3 is 10.1 Å². The molecule has 1 heterocycles. The van der Waals surface area contributed by atoms with Crippen LogP contribution in [0, 0.1) is 0 Å². The topological polar surface area (TPSA) is 21.3 Å². The van der Waals surface area contributed by atoms with Crippen LogP contribution >= 0.6 is 0 Å². The maximum absolute atomic E-state index is 6.09. The summed E-state index contributed by atoms with van der Waals surface area (Å²) in [4.78, 5) is 0. The zero-order valence-corrected chi connectivity index (χ0v) is 12.0. The molecule has 1 aliphatic heterocycles. The van der Waals surface area contributed by atoms with Crippen LogP contribution in [0.3, 0.4) is 0 Å². The van der Waals surface area contributed by atoms with E-state index >= 15 is 0 Å². The van der Waals surface area contributed by atoms with E-state index in [1.54, 1.807) is 0 Å². The van der Waals surface area contributed by atoms with E-state index in [1.165, 1.54) is 5.56 Å². The number of ether oxygens (including phenoxy) is 1. The van der Waals surface area contributed by atoms with E-state index in [2.05, 4.69) is 63.3 Å². The lowest BCUT2D eigenvalue weighted by atomic mass is 9.94. The van der Waals surface area contributed by atoms with Gasteiger partial charge in [0.25, 0.3) is 0 Å². The largest absolute Gasteiger partial charge is 0.368 e. The van der Waals surface area contributed by atoms with Crippen molar-refractivity contribution in [2.45, 2.75) is 57.8 Å². The van der Waals surface area contributed by atoms with E-state index in [4.69, 9.17) is 4.74 Å². The molecule has 0 aromatic heterocycles. The monoisotopic (exact) mass is 247 g/mol. The van der Waals surface area contributed by atoms with Gasteiger partial charge in [-0.15, -0.1) is 0 Å². The standard InChI is InChI=1S/C16H25NO/c1-15(2)12-14(16(3,4)18-15)17-11-10-13-8-6-5-7-9-13/h5-9,14,17H,10-12H2,1-4H3. The summed E-state index contributed by atoms with van der Waals surface area (Å²) in [6.07, 6.45) is 2.16. The predicted molar refractivity (Wildman–Crippen MR) is 75.8 cm³/mol. The average molecular weight is 247 g/mol. The minimum atomic E-state index is -0.0693. The molecule has 2 rings (SSSR count). The SMILES string of the molecule is CC1(C)CC(NCCc2ccccc2)C(C)(C)O1. The first-order valence-electron chi connectivity index (χ1n) is 6.87. The molecule has 0 saturated carbocycles. The van der Waals surface area contributed by atoms with Crippen molar-refractivity contribution in [3.63, 3.8) is 0 Å². The maximum atomic E-state index is 6.09. The first kappa shape index (κ1) is 13.6. The van der Waals surface area contributed by atoms with Crippen LogP contribution in [0.25, 0.3) is 0 Å².